The van der Waals surface area contributed by atoms with E-state index in [0.717, 1.165) is 5.69 Å². The Morgan fingerprint density at radius 2 is 1.80 bits per heavy atom. The molecule has 3 aliphatic rings. The van der Waals surface area contributed by atoms with E-state index in [4.69, 9.17) is 26.1 Å². The maximum Gasteiger partial charge on any atom is 0.338 e. The smallest absolute Gasteiger partial charge is 0.338 e. The van der Waals surface area contributed by atoms with Gasteiger partial charge >= 0.3 is 12.0 Å². The molecule has 0 spiro atoms. The molecular weight excluding hydrogens is 749 g/mol. The predicted molar refractivity (Wildman–Crippen MR) is 206 cm³/mol. The van der Waals surface area contributed by atoms with Crippen LogP contribution < -0.4 is 20.3 Å². The number of urea groups is 1. The van der Waals surface area contributed by atoms with Gasteiger partial charge in [0.05, 0.1) is 30.9 Å². The van der Waals surface area contributed by atoms with Gasteiger partial charge in [-0.25, -0.2) is 19.0 Å². The number of anilines is 1. The van der Waals surface area contributed by atoms with Gasteiger partial charge in [-0.2, -0.15) is 0 Å². The van der Waals surface area contributed by atoms with Crippen molar-refractivity contribution >= 4 is 52.4 Å². The number of ether oxygens (including phenoxy) is 2. The number of benzene rings is 3. The van der Waals surface area contributed by atoms with E-state index in [1.807, 2.05) is 22.4 Å². The SMILES string of the molecule is COC(=O)C1=C(CN2CCN3C(=O)N(c4ccc(Oc5ccc(C(=O)NC(C)(C)CO)cc5)cc4)CC3C2)NC(c2nccs2)=NC1c1ccc(F)cc1Cl. The van der Waals surface area contributed by atoms with Crippen LogP contribution >= 0.6 is 22.9 Å². The molecule has 0 saturated carbocycles. The van der Waals surface area contributed by atoms with Crippen molar-refractivity contribution in [2.24, 2.45) is 4.99 Å². The average Bonchev–Trinajstić information content (AvgIpc) is 3.83. The van der Waals surface area contributed by atoms with Gasteiger partial charge in [-0.05, 0) is 74.5 Å². The molecule has 13 nitrogen and oxygen atoms in total. The molecule has 4 heterocycles. The lowest BCUT2D eigenvalue weighted by Gasteiger charge is -2.38. The summed E-state index contributed by atoms with van der Waals surface area (Å²) in [5, 5.41) is 18.1. The number of carbonyl (C=O) groups is 3. The number of hydrogen-bond acceptors (Lipinski definition) is 11. The van der Waals surface area contributed by atoms with Gasteiger partial charge in [0, 0.05) is 71.8 Å². The van der Waals surface area contributed by atoms with Crippen LogP contribution in [0.5, 0.6) is 11.5 Å². The summed E-state index contributed by atoms with van der Waals surface area (Å²) in [5.74, 6) is 0.163. The first kappa shape index (κ1) is 37.9. The van der Waals surface area contributed by atoms with Gasteiger partial charge < -0.3 is 30.1 Å². The van der Waals surface area contributed by atoms with Crippen LogP contribution in [0.1, 0.15) is 40.8 Å². The standard InChI is InChI=1S/C39H39ClFN7O6S/c1-39(2,22-49)45-35(50)23-4-9-27(10-5-23)54-28-11-7-25(8-12-28)48-20-26-19-46(15-16-47(26)38(48)52)21-31-32(37(51)53-3)33(29-13-6-24(41)18-30(29)40)44-34(43-31)36-42-14-17-55-36/h4-14,17-18,26,33,49H,15-16,19-22H2,1-3H3,(H,43,44)(H,45,50). The van der Waals surface area contributed by atoms with Crippen LogP contribution in [0.4, 0.5) is 14.9 Å². The summed E-state index contributed by atoms with van der Waals surface area (Å²) in [4.78, 5) is 54.6. The van der Waals surface area contributed by atoms with Gasteiger partial charge in [0.2, 0.25) is 0 Å². The monoisotopic (exact) mass is 787 g/mol. The molecule has 0 radical (unpaired) electrons. The maximum absolute atomic E-state index is 14.1. The van der Waals surface area contributed by atoms with Gasteiger partial charge in [-0.3, -0.25) is 19.6 Å². The van der Waals surface area contributed by atoms with Gasteiger partial charge in [0.15, 0.2) is 10.8 Å². The third kappa shape index (κ3) is 8.20. The molecule has 16 heteroatoms. The number of esters is 1. The highest BCUT2D eigenvalue weighted by Crippen LogP contribution is 2.37. The Labute approximate surface area is 326 Å². The molecule has 286 valence electrons. The summed E-state index contributed by atoms with van der Waals surface area (Å²) in [6.45, 7) is 5.64. The lowest BCUT2D eigenvalue weighted by atomic mass is 9.95. The van der Waals surface area contributed by atoms with Crippen molar-refractivity contribution in [3.05, 3.63) is 117 Å². The average molecular weight is 788 g/mol. The van der Waals surface area contributed by atoms with E-state index >= 15 is 0 Å². The fourth-order valence-electron chi connectivity index (χ4n) is 6.75. The second kappa shape index (κ2) is 15.8. The number of nitrogens with zero attached hydrogens (tertiary/aromatic N) is 5. The van der Waals surface area contributed by atoms with Crippen LogP contribution in [0.3, 0.4) is 0 Å². The molecule has 2 fully saturated rings. The Bertz CT molecular complexity index is 2150. The summed E-state index contributed by atoms with van der Waals surface area (Å²) in [5.41, 5.74) is 1.70. The number of aliphatic hydroxyl groups is 1. The molecule has 2 unspecified atom stereocenters. The number of amides is 3. The van der Waals surface area contributed by atoms with Crippen molar-refractivity contribution in [1.29, 1.82) is 0 Å². The molecule has 1 aromatic heterocycles. The maximum atomic E-state index is 14.1. The van der Waals surface area contributed by atoms with Gasteiger partial charge in [-0.1, -0.05) is 17.7 Å². The van der Waals surface area contributed by atoms with Crippen molar-refractivity contribution in [3.63, 3.8) is 0 Å². The van der Waals surface area contributed by atoms with Crippen LogP contribution in [0, 0.1) is 5.82 Å². The zero-order chi connectivity index (χ0) is 38.9. The van der Waals surface area contributed by atoms with Crippen LogP contribution in [0.15, 0.2) is 94.6 Å². The van der Waals surface area contributed by atoms with Gasteiger partial charge in [-0.15, -0.1) is 11.3 Å². The lowest BCUT2D eigenvalue weighted by molar-refractivity contribution is -0.136. The quantitative estimate of drug-likeness (QED) is 0.171. The van der Waals surface area contributed by atoms with E-state index in [1.165, 1.54) is 36.6 Å². The summed E-state index contributed by atoms with van der Waals surface area (Å²) in [7, 11) is 1.30. The number of amidine groups is 1. The molecule has 0 aliphatic carbocycles. The zero-order valence-corrected chi connectivity index (χ0v) is 31.9. The highest BCUT2D eigenvalue weighted by molar-refractivity contribution is 7.11. The molecule has 3 N–H and O–H groups in total. The molecule has 3 amide bonds. The minimum atomic E-state index is -0.872. The molecule has 55 heavy (non-hydrogen) atoms. The van der Waals surface area contributed by atoms with Crippen molar-refractivity contribution < 1.29 is 33.4 Å². The molecule has 3 aliphatic heterocycles. The Balaban J connectivity index is 1.04. The zero-order valence-electron chi connectivity index (χ0n) is 30.3. The first-order chi connectivity index (χ1) is 26.4. The second-order valence-electron chi connectivity index (χ2n) is 14.0. The number of hydrogen-bond donors (Lipinski definition) is 3. The largest absolute Gasteiger partial charge is 0.466 e. The summed E-state index contributed by atoms with van der Waals surface area (Å²) in [6.07, 6.45) is 1.66. The molecular formula is C39H39ClFN7O6S. The second-order valence-corrected chi connectivity index (χ2v) is 15.3. The van der Waals surface area contributed by atoms with E-state index in [0.29, 0.717) is 71.9 Å². The predicted octanol–water partition coefficient (Wildman–Crippen LogP) is 5.37. The molecule has 2 saturated heterocycles. The van der Waals surface area contributed by atoms with E-state index in [1.54, 1.807) is 61.3 Å². The van der Waals surface area contributed by atoms with Crippen LogP contribution in [0.2, 0.25) is 5.02 Å². The third-order valence-electron chi connectivity index (χ3n) is 9.59. The summed E-state index contributed by atoms with van der Waals surface area (Å²) >= 11 is 7.90. The molecule has 7 rings (SSSR count). The highest BCUT2D eigenvalue weighted by Gasteiger charge is 2.42. The van der Waals surface area contributed by atoms with Crippen LogP contribution in [-0.4, -0.2) is 102 Å². The number of aromatic nitrogens is 1. The Kier molecular flexibility index (Phi) is 10.9. The molecule has 0 bridgehead atoms. The van der Waals surface area contributed by atoms with Crippen molar-refractivity contribution in [1.82, 2.24) is 25.4 Å². The minimum absolute atomic E-state index is 0.0916. The van der Waals surface area contributed by atoms with Crippen LogP contribution in [-0.2, 0) is 9.53 Å². The van der Waals surface area contributed by atoms with Crippen molar-refractivity contribution in [2.75, 3.05) is 51.3 Å². The van der Waals surface area contributed by atoms with Crippen LogP contribution in [0.25, 0.3) is 0 Å². The van der Waals surface area contributed by atoms with Gasteiger partial charge in [0.1, 0.15) is 23.4 Å². The summed E-state index contributed by atoms with van der Waals surface area (Å²) < 4.78 is 25.3. The Morgan fingerprint density at radius 3 is 2.45 bits per heavy atom. The fraction of sp³-hybridized carbons (Fsp3) is 0.308. The topological polar surface area (TPSA) is 149 Å². The van der Waals surface area contributed by atoms with E-state index in [9.17, 15) is 23.9 Å². The number of methoxy groups -OCH3 is 1. The van der Waals surface area contributed by atoms with Gasteiger partial charge in [0.25, 0.3) is 5.91 Å². The number of aliphatic hydroxyl groups excluding tert-OH is 1. The Hall–Kier alpha value is -5.35. The molecule has 2 atom stereocenters. The normalized spacial score (nSPS) is 18.8. The number of rotatable bonds is 11. The number of halogens is 2. The number of carbonyl (C=O) groups excluding carboxylic acids is 3. The number of fused-ring (bicyclic) bond motifs is 1. The van der Waals surface area contributed by atoms with E-state index in [-0.39, 0.29) is 35.2 Å². The van der Waals surface area contributed by atoms with E-state index < -0.39 is 23.4 Å². The minimum Gasteiger partial charge on any atom is -0.466 e. The summed E-state index contributed by atoms with van der Waals surface area (Å²) in [6, 6.07) is 16.9. The first-order valence-corrected chi connectivity index (χ1v) is 18.8. The number of piperazine rings is 1. The van der Waals surface area contributed by atoms with Crippen molar-refractivity contribution in [2.45, 2.75) is 31.5 Å². The van der Waals surface area contributed by atoms with Crippen molar-refractivity contribution in [3.8, 4) is 11.5 Å². The lowest BCUT2D eigenvalue weighted by Crippen LogP contribution is -2.53. The number of aliphatic imine (C=N–C) groups is 1. The molecule has 3 aromatic carbocycles. The fourth-order valence-corrected chi connectivity index (χ4v) is 7.60. The Morgan fingerprint density at radius 1 is 1.07 bits per heavy atom. The highest BCUT2D eigenvalue weighted by atomic mass is 35.5. The first-order valence-electron chi connectivity index (χ1n) is 17.6. The number of nitrogens with one attached hydrogen (secondary N) is 2. The third-order valence-corrected chi connectivity index (χ3v) is 10.7. The molecule has 4 aromatic rings. The number of thiazole rings is 1. The van der Waals surface area contributed by atoms with E-state index in [2.05, 4.69) is 20.5 Å².